The molecule has 6 nitrogen and oxygen atoms in total. The predicted octanol–water partition coefficient (Wildman–Crippen LogP) is 1.82. The molecule has 0 aliphatic heterocycles. The first-order valence-corrected chi connectivity index (χ1v) is 7.63. The van der Waals surface area contributed by atoms with Gasteiger partial charge in [0.05, 0.1) is 12.7 Å². The van der Waals surface area contributed by atoms with E-state index in [-0.39, 0.29) is 6.03 Å². The Balaban J connectivity index is 1.81. The van der Waals surface area contributed by atoms with Crippen LogP contribution >= 0.6 is 0 Å². The summed E-state index contributed by atoms with van der Waals surface area (Å²) in [6.45, 7) is 1.99. The number of hydrogen-bond donors (Lipinski definition) is 1. The molecular formula is C17H25N5O. The van der Waals surface area contributed by atoms with Gasteiger partial charge in [-0.05, 0) is 25.2 Å². The number of carbonyl (C=O) groups is 1. The van der Waals surface area contributed by atoms with Crippen LogP contribution in [0, 0.1) is 0 Å². The zero-order chi connectivity index (χ0) is 16.8. The van der Waals surface area contributed by atoms with Crippen LogP contribution in [0.2, 0.25) is 0 Å². The molecule has 124 valence electrons. The predicted molar refractivity (Wildman–Crippen MR) is 90.7 cm³/mol. The van der Waals surface area contributed by atoms with E-state index in [9.17, 15) is 4.79 Å². The molecule has 0 fully saturated rings. The summed E-state index contributed by atoms with van der Waals surface area (Å²) < 4.78 is 1.73. The molecule has 0 saturated carbocycles. The number of aryl methyl sites for hydroxylation is 1. The van der Waals surface area contributed by atoms with E-state index in [0.717, 1.165) is 17.7 Å². The van der Waals surface area contributed by atoms with Crippen molar-refractivity contribution in [2.45, 2.75) is 19.6 Å². The molecule has 0 aliphatic carbocycles. The number of rotatable bonds is 6. The van der Waals surface area contributed by atoms with Crippen molar-refractivity contribution in [1.82, 2.24) is 24.9 Å². The first kappa shape index (κ1) is 17.0. The molecule has 23 heavy (non-hydrogen) atoms. The summed E-state index contributed by atoms with van der Waals surface area (Å²) in [6.07, 6.45) is 3.68. The molecule has 1 N–H and O–H groups in total. The van der Waals surface area contributed by atoms with E-state index in [0.29, 0.717) is 13.1 Å². The molecule has 2 aromatic rings. The Morgan fingerprint density at radius 2 is 1.74 bits per heavy atom. The third-order valence-electron chi connectivity index (χ3n) is 3.49. The van der Waals surface area contributed by atoms with E-state index in [4.69, 9.17) is 0 Å². The van der Waals surface area contributed by atoms with E-state index in [1.165, 1.54) is 5.56 Å². The van der Waals surface area contributed by atoms with Crippen LogP contribution in [0.15, 0.2) is 36.7 Å². The molecule has 2 rings (SSSR count). The lowest BCUT2D eigenvalue weighted by atomic mass is 10.1. The Morgan fingerprint density at radius 1 is 1.09 bits per heavy atom. The van der Waals surface area contributed by atoms with Gasteiger partial charge < -0.3 is 15.1 Å². The van der Waals surface area contributed by atoms with Gasteiger partial charge in [0.15, 0.2) is 0 Å². The van der Waals surface area contributed by atoms with Gasteiger partial charge in [-0.3, -0.25) is 4.68 Å². The Hall–Kier alpha value is -2.34. The molecule has 0 spiro atoms. The van der Waals surface area contributed by atoms with Crippen LogP contribution in [-0.4, -0.2) is 46.8 Å². The highest BCUT2D eigenvalue weighted by Gasteiger charge is 2.09. The molecule has 0 radical (unpaired) electrons. The van der Waals surface area contributed by atoms with Gasteiger partial charge in [-0.25, -0.2) is 4.79 Å². The van der Waals surface area contributed by atoms with Gasteiger partial charge in [-0.15, -0.1) is 0 Å². The number of aromatic nitrogens is 2. The maximum Gasteiger partial charge on any atom is 0.317 e. The molecule has 1 aromatic carbocycles. The summed E-state index contributed by atoms with van der Waals surface area (Å²) >= 11 is 0. The average Bonchev–Trinajstić information content (AvgIpc) is 2.90. The van der Waals surface area contributed by atoms with Crippen LogP contribution < -0.4 is 5.32 Å². The van der Waals surface area contributed by atoms with E-state index in [2.05, 4.69) is 39.6 Å². The summed E-state index contributed by atoms with van der Waals surface area (Å²) in [7, 11) is 7.74. The van der Waals surface area contributed by atoms with E-state index in [1.54, 1.807) is 22.8 Å². The minimum absolute atomic E-state index is 0.0915. The van der Waals surface area contributed by atoms with Gasteiger partial charge >= 0.3 is 6.03 Å². The third-order valence-corrected chi connectivity index (χ3v) is 3.49. The minimum atomic E-state index is -0.0915. The molecule has 0 unspecified atom stereocenters. The molecule has 6 heteroatoms. The van der Waals surface area contributed by atoms with Crippen molar-refractivity contribution < 1.29 is 4.79 Å². The second kappa shape index (κ2) is 7.78. The Labute approximate surface area is 137 Å². The Kier molecular flexibility index (Phi) is 5.76. The van der Waals surface area contributed by atoms with Crippen LogP contribution in [0.25, 0.3) is 0 Å². The van der Waals surface area contributed by atoms with Crippen LogP contribution in [-0.2, 0) is 26.7 Å². The first-order valence-electron chi connectivity index (χ1n) is 7.63. The zero-order valence-corrected chi connectivity index (χ0v) is 14.3. The number of amides is 2. The van der Waals surface area contributed by atoms with Gasteiger partial charge in [0.2, 0.25) is 0 Å². The lowest BCUT2D eigenvalue weighted by molar-refractivity contribution is 0.206. The van der Waals surface area contributed by atoms with E-state index >= 15 is 0 Å². The maximum absolute atomic E-state index is 12.1. The lowest BCUT2D eigenvalue weighted by Gasteiger charge is -2.17. The van der Waals surface area contributed by atoms with Crippen LogP contribution in [0.3, 0.4) is 0 Å². The Morgan fingerprint density at radius 3 is 2.30 bits per heavy atom. The van der Waals surface area contributed by atoms with Crippen LogP contribution in [0.1, 0.15) is 16.7 Å². The van der Waals surface area contributed by atoms with Crippen molar-refractivity contribution in [3.63, 3.8) is 0 Å². The summed E-state index contributed by atoms with van der Waals surface area (Å²) in [5.41, 5.74) is 3.37. The highest BCUT2D eigenvalue weighted by molar-refractivity contribution is 5.73. The second-order valence-electron chi connectivity index (χ2n) is 6.09. The van der Waals surface area contributed by atoms with Crippen LogP contribution in [0.4, 0.5) is 4.79 Å². The Bertz CT molecular complexity index is 633. The molecule has 1 heterocycles. The SMILES string of the molecule is CN(C)Cc1ccc(CNC(=O)N(C)Cc2cnn(C)c2)cc1. The highest BCUT2D eigenvalue weighted by Crippen LogP contribution is 2.07. The molecule has 0 aliphatic rings. The summed E-state index contributed by atoms with van der Waals surface area (Å²) in [4.78, 5) is 15.9. The quantitative estimate of drug-likeness (QED) is 0.885. The lowest BCUT2D eigenvalue weighted by Crippen LogP contribution is -2.36. The minimum Gasteiger partial charge on any atom is -0.334 e. The maximum atomic E-state index is 12.1. The number of nitrogens with zero attached hydrogens (tertiary/aromatic N) is 4. The monoisotopic (exact) mass is 315 g/mol. The van der Waals surface area contributed by atoms with Crippen molar-refractivity contribution in [3.05, 3.63) is 53.3 Å². The number of urea groups is 1. The fourth-order valence-electron chi connectivity index (χ4n) is 2.34. The molecule has 1 aromatic heterocycles. The average molecular weight is 315 g/mol. The van der Waals surface area contributed by atoms with Crippen molar-refractivity contribution in [1.29, 1.82) is 0 Å². The largest absolute Gasteiger partial charge is 0.334 e. The standard InChI is InChI=1S/C17H25N5O/c1-20(2)11-15-7-5-14(6-8-15)9-18-17(23)21(3)12-16-10-19-22(4)13-16/h5-8,10,13H,9,11-12H2,1-4H3,(H,18,23). The van der Waals surface area contributed by atoms with E-state index < -0.39 is 0 Å². The smallest absolute Gasteiger partial charge is 0.317 e. The molecular weight excluding hydrogens is 290 g/mol. The van der Waals surface area contributed by atoms with Gasteiger partial charge in [0.25, 0.3) is 0 Å². The molecule has 0 saturated heterocycles. The van der Waals surface area contributed by atoms with Crippen molar-refractivity contribution in [3.8, 4) is 0 Å². The molecule has 2 amide bonds. The van der Waals surface area contributed by atoms with Gasteiger partial charge in [0, 0.05) is 38.9 Å². The van der Waals surface area contributed by atoms with Crippen LogP contribution in [0.5, 0.6) is 0 Å². The van der Waals surface area contributed by atoms with Crippen molar-refractivity contribution in [2.24, 2.45) is 7.05 Å². The summed E-state index contributed by atoms with van der Waals surface area (Å²) in [5.74, 6) is 0. The third kappa shape index (κ3) is 5.41. The second-order valence-corrected chi connectivity index (χ2v) is 6.09. The number of hydrogen-bond acceptors (Lipinski definition) is 3. The number of carbonyl (C=O) groups excluding carboxylic acids is 1. The topological polar surface area (TPSA) is 53.4 Å². The fraction of sp³-hybridized carbons (Fsp3) is 0.412. The summed E-state index contributed by atoms with van der Waals surface area (Å²) in [5, 5.41) is 7.04. The normalized spacial score (nSPS) is 10.8. The van der Waals surface area contributed by atoms with Gasteiger partial charge in [-0.2, -0.15) is 5.10 Å². The highest BCUT2D eigenvalue weighted by atomic mass is 16.2. The van der Waals surface area contributed by atoms with Crippen molar-refractivity contribution in [2.75, 3.05) is 21.1 Å². The number of benzene rings is 1. The molecule has 0 bridgehead atoms. The van der Waals surface area contributed by atoms with Gasteiger partial charge in [-0.1, -0.05) is 24.3 Å². The number of nitrogens with one attached hydrogen (secondary N) is 1. The zero-order valence-electron chi connectivity index (χ0n) is 14.3. The van der Waals surface area contributed by atoms with E-state index in [1.807, 2.05) is 27.3 Å². The summed E-state index contributed by atoms with van der Waals surface area (Å²) in [6, 6.07) is 8.22. The van der Waals surface area contributed by atoms with Crippen molar-refractivity contribution >= 4 is 6.03 Å². The first-order chi connectivity index (χ1) is 10.9. The molecule has 0 atom stereocenters. The van der Waals surface area contributed by atoms with Gasteiger partial charge in [0.1, 0.15) is 0 Å². The fourth-order valence-corrected chi connectivity index (χ4v) is 2.34.